The zero-order chi connectivity index (χ0) is 17.3. The largest absolute Gasteiger partial charge is 0.480 e. The Morgan fingerprint density at radius 1 is 1.29 bits per heavy atom. The highest BCUT2D eigenvalue weighted by molar-refractivity contribution is 5.83. The number of aromatic amines is 1. The van der Waals surface area contributed by atoms with E-state index in [1.807, 2.05) is 0 Å². The van der Waals surface area contributed by atoms with Gasteiger partial charge in [0.2, 0.25) is 5.91 Å². The SMILES string of the molecule is O=C(Cn1c(=O)[nH]c2ccccc2c1=O)NC(CC1CC1)C(=O)O. The highest BCUT2D eigenvalue weighted by Gasteiger charge is 2.30. The predicted octanol–water partition coefficient (Wildman–Crippen LogP) is 0.0593. The van der Waals surface area contributed by atoms with E-state index in [0.717, 1.165) is 17.4 Å². The minimum absolute atomic E-state index is 0.290. The van der Waals surface area contributed by atoms with E-state index in [4.69, 9.17) is 5.11 Å². The number of benzene rings is 1. The van der Waals surface area contributed by atoms with E-state index in [0.29, 0.717) is 17.9 Å². The number of amides is 1. The number of nitrogens with zero attached hydrogens (tertiary/aromatic N) is 1. The number of rotatable bonds is 6. The Balaban J connectivity index is 1.81. The minimum atomic E-state index is -1.12. The van der Waals surface area contributed by atoms with E-state index in [1.165, 1.54) is 0 Å². The van der Waals surface area contributed by atoms with Gasteiger partial charge in [-0.15, -0.1) is 0 Å². The lowest BCUT2D eigenvalue weighted by Crippen LogP contribution is -2.46. The average Bonchev–Trinajstić information content (AvgIpc) is 3.35. The lowest BCUT2D eigenvalue weighted by atomic mass is 10.1. The second-order valence-corrected chi connectivity index (χ2v) is 6.00. The summed E-state index contributed by atoms with van der Waals surface area (Å²) in [6.45, 7) is -0.520. The van der Waals surface area contributed by atoms with Crippen LogP contribution in [0.3, 0.4) is 0 Å². The van der Waals surface area contributed by atoms with Gasteiger partial charge in [-0.25, -0.2) is 9.59 Å². The van der Waals surface area contributed by atoms with Crippen molar-refractivity contribution in [3.63, 3.8) is 0 Å². The van der Waals surface area contributed by atoms with Gasteiger partial charge in [0, 0.05) is 0 Å². The summed E-state index contributed by atoms with van der Waals surface area (Å²) in [7, 11) is 0. The number of aliphatic carboxylic acids is 1. The molecule has 3 rings (SSSR count). The van der Waals surface area contributed by atoms with Crippen LogP contribution < -0.4 is 16.6 Å². The van der Waals surface area contributed by atoms with Crippen LogP contribution in [0.5, 0.6) is 0 Å². The second-order valence-electron chi connectivity index (χ2n) is 6.00. The number of carboxylic acid groups (broad SMARTS) is 1. The molecule has 126 valence electrons. The molecule has 8 nitrogen and oxygen atoms in total. The van der Waals surface area contributed by atoms with Crippen LogP contribution in [0.2, 0.25) is 0 Å². The topological polar surface area (TPSA) is 121 Å². The van der Waals surface area contributed by atoms with Crippen LogP contribution in [0.4, 0.5) is 0 Å². The molecule has 0 bridgehead atoms. The van der Waals surface area contributed by atoms with E-state index in [2.05, 4.69) is 10.3 Å². The zero-order valence-corrected chi connectivity index (χ0v) is 12.8. The van der Waals surface area contributed by atoms with Crippen molar-refractivity contribution in [2.45, 2.75) is 31.8 Å². The molecule has 3 N–H and O–H groups in total. The molecular weight excluding hydrogens is 314 g/mol. The molecule has 0 aliphatic heterocycles. The Bertz CT molecular complexity index is 910. The fourth-order valence-corrected chi connectivity index (χ4v) is 2.63. The molecular formula is C16H17N3O5. The van der Waals surface area contributed by atoms with Gasteiger partial charge in [0.1, 0.15) is 12.6 Å². The molecule has 1 unspecified atom stereocenters. The Hall–Kier alpha value is -2.90. The maximum Gasteiger partial charge on any atom is 0.329 e. The first-order chi connectivity index (χ1) is 11.5. The summed E-state index contributed by atoms with van der Waals surface area (Å²) < 4.78 is 0.772. The quantitative estimate of drug-likeness (QED) is 0.691. The Morgan fingerprint density at radius 2 is 2.00 bits per heavy atom. The average molecular weight is 331 g/mol. The van der Waals surface area contributed by atoms with Crippen molar-refractivity contribution < 1.29 is 14.7 Å². The lowest BCUT2D eigenvalue weighted by molar-refractivity contribution is -0.142. The number of nitrogens with one attached hydrogen (secondary N) is 2. The summed E-state index contributed by atoms with van der Waals surface area (Å²) in [6.07, 6.45) is 2.29. The number of carbonyl (C=O) groups excluding carboxylic acids is 1. The maximum atomic E-state index is 12.3. The standard InChI is InChI=1S/C16H17N3O5/c20-13(17-12(15(22)23)7-9-5-6-9)8-19-14(21)10-3-1-2-4-11(10)18-16(19)24/h1-4,9,12H,5-8H2,(H,17,20)(H,18,24)(H,22,23). The Kier molecular flexibility index (Phi) is 4.20. The molecule has 1 atom stereocenters. The van der Waals surface area contributed by atoms with Crippen LogP contribution in [-0.4, -0.2) is 32.6 Å². The number of carbonyl (C=O) groups is 2. The third kappa shape index (κ3) is 3.37. The van der Waals surface area contributed by atoms with Gasteiger partial charge in [0.15, 0.2) is 0 Å². The summed E-state index contributed by atoms with van der Waals surface area (Å²) in [5.41, 5.74) is -0.900. The fraction of sp³-hybridized carbons (Fsp3) is 0.375. The molecule has 1 saturated carbocycles. The van der Waals surface area contributed by atoms with Crippen molar-refractivity contribution in [1.82, 2.24) is 14.9 Å². The number of H-pyrrole nitrogens is 1. The molecule has 1 fully saturated rings. The first-order valence-corrected chi connectivity index (χ1v) is 7.69. The van der Waals surface area contributed by atoms with Crippen molar-refractivity contribution in [2.75, 3.05) is 0 Å². The molecule has 1 aromatic carbocycles. The normalized spacial score (nSPS) is 15.2. The predicted molar refractivity (Wildman–Crippen MR) is 85.7 cm³/mol. The monoisotopic (exact) mass is 331 g/mol. The number of para-hydroxylation sites is 1. The van der Waals surface area contributed by atoms with Gasteiger partial charge in [0.05, 0.1) is 10.9 Å². The Morgan fingerprint density at radius 3 is 2.67 bits per heavy atom. The maximum absolute atomic E-state index is 12.3. The summed E-state index contributed by atoms with van der Waals surface area (Å²) >= 11 is 0. The van der Waals surface area contributed by atoms with Crippen LogP contribution >= 0.6 is 0 Å². The third-order valence-corrected chi connectivity index (χ3v) is 4.09. The van der Waals surface area contributed by atoms with Crippen molar-refractivity contribution in [3.8, 4) is 0 Å². The van der Waals surface area contributed by atoms with E-state index in [9.17, 15) is 19.2 Å². The summed E-state index contributed by atoms with van der Waals surface area (Å²) in [5, 5.41) is 11.8. The van der Waals surface area contributed by atoms with Gasteiger partial charge in [-0.2, -0.15) is 0 Å². The van der Waals surface area contributed by atoms with Crippen LogP contribution in [0.1, 0.15) is 19.3 Å². The first kappa shape index (κ1) is 16.0. The highest BCUT2D eigenvalue weighted by atomic mass is 16.4. The molecule has 1 amide bonds. The Labute approximate surface area is 136 Å². The van der Waals surface area contributed by atoms with Gasteiger partial charge >= 0.3 is 11.7 Å². The molecule has 1 aliphatic carbocycles. The number of hydrogen-bond acceptors (Lipinski definition) is 4. The first-order valence-electron chi connectivity index (χ1n) is 7.69. The van der Waals surface area contributed by atoms with E-state index in [1.54, 1.807) is 24.3 Å². The molecule has 0 spiro atoms. The van der Waals surface area contributed by atoms with Crippen LogP contribution in [-0.2, 0) is 16.1 Å². The van der Waals surface area contributed by atoms with Gasteiger partial charge in [-0.05, 0) is 24.5 Å². The summed E-state index contributed by atoms with van der Waals surface area (Å²) in [4.78, 5) is 50.2. The zero-order valence-electron chi connectivity index (χ0n) is 12.8. The minimum Gasteiger partial charge on any atom is -0.480 e. The molecule has 1 heterocycles. The van der Waals surface area contributed by atoms with Crippen LogP contribution in [0, 0.1) is 5.92 Å². The van der Waals surface area contributed by atoms with E-state index in [-0.39, 0.29) is 5.39 Å². The van der Waals surface area contributed by atoms with Gasteiger partial charge in [0.25, 0.3) is 5.56 Å². The fourth-order valence-electron chi connectivity index (χ4n) is 2.63. The second kappa shape index (κ2) is 6.31. The molecule has 8 heteroatoms. The van der Waals surface area contributed by atoms with E-state index >= 15 is 0 Å². The number of fused-ring (bicyclic) bond motifs is 1. The summed E-state index contributed by atoms with van der Waals surface area (Å²) in [5.74, 6) is -1.47. The van der Waals surface area contributed by atoms with E-state index < -0.39 is 35.7 Å². The van der Waals surface area contributed by atoms with Gasteiger partial charge < -0.3 is 15.4 Å². The molecule has 24 heavy (non-hydrogen) atoms. The van der Waals surface area contributed by atoms with Crippen molar-refractivity contribution >= 4 is 22.8 Å². The van der Waals surface area contributed by atoms with Gasteiger partial charge in [-0.3, -0.25) is 14.2 Å². The lowest BCUT2D eigenvalue weighted by Gasteiger charge is -2.14. The molecule has 0 saturated heterocycles. The smallest absolute Gasteiger partial charge is 0.329 e. The van der Waals surface area contributed by atoms with Crippen molar-refractivity contribution in [1.29, 1.82) is 0 Å². The number of aromatic nitrogens is 2. The van der Waals surface area contributed by atoms with Crippen molar-refractivity contribution in [3.05, 3.63) is 45.1 Å². The number of hydrogen-bond donors (Lipinski definition) is 3. The van der Waals surface area contributed by atoms with Crippen LogP contribution in [0.25, 0.3) is 10.9 Å². The van der Waals surface area contributed by atoms with Crippen LogP contribution in [0.15, 0.2) is 33.9 Å². The molecule has 2 aromatic rings. The number of carboxylic acids is 1. The molecule has 1 aromatic heterocycles. The highest BCUT2D eigenvalue weighted by Crippen LogP contribution is 2.33. The third-order valence-electron chi connectivity index (χ3n) is 4.09. The van der Waals surface area contributed by atoms with Gasteiger partial charge in [-0.1, -0.05) is 25.0 Å². The molecule has 0 radical (unpaired) electrons. The molecule has 1 aliphatic rings. The van der Waals surface area contributed by atoms with Crippen molar-refractivity contribution in [2.24, 2.45) is 5.92 Å². The summed E-state index contributed by atoms with van der Waals surface area (Å²) in [6, 6.07) is 5.49.